The molecule has 20 heavy (non-hydrogen) atoms. The predicted octanol–water partition coefficient (Wildman–Crippen LogP) is 1.19. The summed E-state index contributed by atoms with van der Waals surface area (Å²) in [4.78, 5) is 24.6. The van der Waals surface area contributed by atoms with Crippen molar-refractivity contribution in [2.45, 2.75) is 18.4 Å². The highest BCUT2D eigenvalue weighted by molar-refractivity contribution is 5.80. The summed E-state index contributed by atoms with van der Waals surface area (Å²) in [6.07, 6.45) is 1.24. The second kappa shape index (κ2) is 5.92. The molecule has 1 atom stereocenters. The third-order valence-electron chi connectivity index (χ3n) is 3.37. The number of rotatable bonds is 4. The Morgan fingerprint density at radius 3 is 2.35 bits per heavy atom. The molecule has 0 saturated carbocycles. The van der Waals surface area contributed by atoms with Gasteiger partial charge >= 0.3 is 12.1 Å². The smallest absolute Gasteiger partial charge is 0.409 e. The summed E-state index contributed by atoms with van der Waals surface area (Å²) < 4.78 is 4.96. The molecule has 1 fully saturated rings. The van der Waals surface area contributed by atoms with Gasteiger partial charge in [-0.15, -0.1) is 0 Å². The Hall–Kier alpha value is -2.08. The molecular formula is C14H17NO5. The maximum Gasteiger partial charge on any atom is 0.409 e. The van der Waals surface area contributed by atoms with Crippen LogP contribution in [0.2, 0.25) is 0 Å². The van der Waals surface area contributed by atoms with Crippen molar-refractivity contribution in [3.63, 3.8) is 0 Å². The van der Waals surface area contributed by atoms with Gasteiger partial charge in [-0.2, -0.15) is 0 Å². The first-order chi connectivity index (χ1) is 9.54. The maximum absolute atomic E-state index is 11.7. The minimum absolute atomic E-state index is 0.182. The molecule has 0 aromatic heterocycles. The lowest BCUT2D eigenvalue weighted by Gasteiger charge is -2.25. The molecule has 0 spiro atoms. The fraction of sp³-hybridized carbons (Fsp3) is 0.429. The number of carbonyl (C=O) groups excluding carboxylic acids is 1. The van der Waals surface area contributed by atoms with Crippen LogP contribution in [0, 0.1) is 0 Å². The van der Waals surface area contributed by atoms with E-state index in [1.807, 2.05) is 0 Å². The Morgan fingerprint density at radius 2 is 1.80 bits per heavy atom. The first-order valence-electron chi connectivity index (χ1n) is 6.47. The van der Waals surface area contributed by atoms with Crippen LogP contribution in [0.4, 0.5) is 4.79 Å². The van der Waals surface area contributed by atoms with Crippen LogP contribution in [0.25, 0.3) is 0 Å². The topological polar surface area (TPSA) is 87.1 Å². The molecule has 108 valence electrons. The van der Waals surface area contributed by atoms with E-state index in [0.29, 0.717) is 13.1 Å². The summed E-state index contributed by atoms with van der Waals surface area (Å²) in [6, 6.07) is 7.91. The number of nitrogens with zero attached hydrogens (tertiary/aromatic N) is 1. The molecule has 1 saturated heterocycles. The average Bonchev–Trinajstić information content (AvgIpc) is 2.99. The standard InChI is InChI=1S/C14H17NO5/c16-12(17)14(19,11-6-2-1-3-7-11)10-20-13(18)15-8-4-5-9-15/h1-3,6-7,19H,4-5,8-10H2,(H,16,17). The lowest BCUT2D eigenvalue weighted by molar-refractivity contribution is -0.164. The van der Waals surface area contributed by atoms with Gasteiger partial charge in [0.15, 0.2) is 0 Å². The first kappa shape index (κ1) is 14.3. The predicted molar refractivity (Wildman–Crippen MR) is 70.1 cm³/mol. The van der Waals surface area contributed by atoms with Crippen molar-refractivity contribution in [1.29, 1.82) is 0 Å². The Kier molecular flexibility index (Phi) is 4.24. The number of benzene rings is 1. The van der Waals surface area contributed by atoms with Gasteiger partial charge in [0, 0.05) is 13.1 Å². The van der Waals surface area contributed by atoms with E-state index < -0.39 is 24.3 Å². The second-order valence-corrected chi connectivity index (χ2v) is 4.78. The van der Waals surface area contributed by atoms with Crippen LogP contribution >= 0.6 is 0 Å². The van der Waals surface area contributed by atoms with Gasteiger partial charge in [-0.3, -0.25) is 0 Å². The SMILES string of the molecule is O=C(OCC(O)(C(=O)O)c1ccccc1)N1CCCC1. The van der Waals surface area contributed by atoms with Crippen molar-refractivity contribution >= 4 is 12.1 Å². The van der Waals surface area contributed by atoms with Crippen molar-refractivity contribution in [3.8, 4) is 0 Å². The van der Waals surface area contributed by atoms with E-state index in [4.69, 9.17) is 4.74 Å². The molecule has 1 heterocycles. The van der Waals surface area contributed by atoms with E-state index in [2.05, 4.69) is 0 Å². The van der Waals surface area contributed by atoms with Crippen molar-refractivity contribution in [1.82, 2.24) is 4.90 Å². The zero-order chi connectivity index (χ0) is 14.6. The molecule has 2 rings (SSSR count). The normalized spacial score (nSPS) is 17.6. The highest BCUT2D eigenvalue weighted by Crippen LogP contribution is 2.22. The summed E-state index contributed by atoms with van der Waals surface area (Å²) in [5.74, 6) is -1.45. The Morgan fingerprint density at radius 1 is 1.20 bits per heavy atom. The van der Waals surface area contributed by atoms with Crippen LogP contribution < -0.4 is 0 Å². The van der Waals surface area contributed by atoms with Crippen molar-refractivity contribution in [3.05, 3.63) is 35.9 Å². The van der Waals surface area contributed by atoms with Crippen molar-refractivity contribution in [2.24, 2.45) is 0 Å². The minimum atomic E-state index is -2.23. The van der Waals surface area contributed by atoms with Crippen LogP contribution in [0.5, 0.6) is 0 Å². The highest BCUT2D eigenvalue weighted by Gasteiger charge is 2.40. The number of carbonyl (C=O) groups is 2. The summed E-state index contributed by atoms with van der Waals surface area (Å²) in [5.41, 5.74) is -2.04. The number of amides is 1. The molecule has 0 aliphatic carbocycles. The fourth-order valence-corrected chi connectivity index (χ4v) is 2.14. The number of hydrogen-bond donors (Lipinski definition) is 2. The molecule has 1 unspecified atom stereocenters. The third-order valence-corrected chi connectivity index (χ3v) is 3.37. The lowest BCUT2D eigenvalue weighted by atomic mass is 9.95. The van der Waals surface area contributed by atoms with E-state index in [1.165, 1.54) is 17.0 Å². The number of carboxylic acids is 1. The molecule has 1 aromatic carbocycles. The average molecular weight is 279 g/mol. The van der Waals surface area contributed by atoms with Gasteiger partial charge in [0.1, 0.15) is 6.61 Å². The van der Waals surface area contributed by atoms with Crippen LogP contribution in [-0.4, -0.2) is 46.9 Å². The number of likely N-dealkylation sites (tertiary alicyclic amines) is 1. The van der Waals surface area contributed by atoms with Crippen molar-refractivity contribution in [2.75, 3.05) is 19.7 Å². The Bertz CT molecular complexity index is 484. The molecule has 6 nitrogen and oxygen atoms in total. The largest absolute Gasteiger partial charge is 0.479 e. The Balaban J connectivity index is 2.06. The number of aliphatic hydroxyl groups is 1. The van der Waals surface area contributed by atoms with Crippen LogP contribution in [0.3, 0.4) is 0 Å². The van der Waals surface area contributed by atoms with E-state index in [1.54, 1.807) is 18.2 Å². The monoisotopic (exact) mass is 279 g/mol. The van der Waals surface area contributed by atoms with Gasteiger partial charge in [0.05, 0.1) is 0 Å². The number of hydrogen-bond acceptors (Lipinski definition) is 4. The van der Waals surface area contributed by atoms with Gasteiger partial charge in [-0.05, 0) is 18.4 Å². The quantitative estimate of drug-likeness (QED) is 0.864. The van der Waals surface area contributed by atoms with Crippen LogP contribution in [-0.2, 0) is 15.1 Å². The second-order valence-electron chi connectivity index (χ2n) is 4.78. The van der Waals surface area contributed by atoms with Gasteiger partial charge in [-0.1, -0.05) is 30.3 Å². The molecule has 1 aromatic rings. The number of aliphatic carboxylic acids is 1. The summed E-state index contributed by atoms with van der Waals surface area (Å²) in [7, 11) is 0. The van der Waals surface area contributed by atoms with E-state index in [9.17, 15) is 19.8 Å². The molecular weight excluding hydrogens is 262 g/mol. The number of ether oxygens (including phenoxy) is 1. The number of carboxylic acid groups (broad SMARTS) is 1. The third kappa shape index (κ3) is 2.91. The lowest BCUT2D eigenvalue weighted by Crippen LogP contribution is -2.42. The van der Waals surface area contributed by atoms with Gasteiger partial charge in [0.2, 0.25) is 5.60 Å². The Labute approximate surface area is 116 Å². The fourth-order valence-electron chi connectivity index (χ4n) is 2.14. The molecule has 0 bridgehead atoms. The summed E-state index contributed by atoms with van der Waals surface area (Å²) in [6.45, 7) is 0.604. The van der Waals surface area contributed by atoms with Crippen LogP contribution in [0.15, 0.2) is 30.3 Å². The molecule has 1 aliphatic heterocycles. The maximum atomic E-state index is 11.7. The molecule has 1 aliphatic rings. The summed E-state index contributed by atoms with van der Waals surface area (Å²) in [5, 5.41) is 19.5. The molecule has 0 radical (unpaired) electrons. The van der Waals surface area contributed by atoms with Crippen molar-refractivity contribution < 1.29 is 24.5 Å². The first-order valence-corrected chi connectivity index (χ1v) is 6.47. The van der Waals surface area contributed by atoms with Crippen LogP contribution in [0.1, 0.15) is 18.4 Å². The zero-order valence-electron chi connectivity index (χ0n) is 11.0. The molecule has 1 amide bonds. The van der Waals surface area contributed by atoms with Gasteiger partial charge < -0.3 is 19.8 Å². The van der Waals surface area contributed by atoms with E-state index >= 15 is 0 Å². The highest BCUT2D eigenvalue weighted by atomic mass is 16.6. The van der Waals surface area contributed by atoms with Gasteiger partial charge in [-0.25, -0.2) is 9.59 Å². The molecule has 6 heteroatoms. The summed E-state index contributed by atoms with van der Waals surface area (Å²) >= 11 is 0. The van der Waals surface area contributed by atoms with Gasteiger partial charge in [0.25, 0.3) is 0 Å². The minimum Gasteiger partial charge on any atom is -0.479 e. The van der Waals surface area contributed by atoms with E-state index in [0.717, 1.165) is 12.8 Å². The molecule has 2 N–H and O–H groups in total. The van der Waals surface area contributed by atoms with E-state index in [-0.39, 0.29) is 5.56 Å². The zero-order valence-corrected chi connectivity index (χ0v) is 11.0.